The Morgan fingerprint density at radius 2 is 1.71 bits per heavy atom. The maximum Gasteiger partial charge on any atom is 0.105 e. The predicted molar refractivity (Wildman–Crippen MR) is 73.8 cm³/mol. The monoisotopic (exact) mass is 239 g/mol. The minimum atomic E-state index is -0.439. The molecule has 0 heterocycles. The van der Waals surface area contributed by atoms with E-state index in [4.69, 9.17) is 0 Å². The van der Waals surface area contributed by atoms with Crippen LogP contribution in [0.2, 0.25) is 0 Å². The molecular formula is C14H29N3. The summed E-state index contributed by atoms with van der Waals surface area (Å²) in [6.07, 6.45) is 0.830. The summed E-state index contributed by atoms with van der Waals surface area (Å²) < 4.78 is 0. The minimum absolute atomic E-state index is 0.256. The van der Waals surface area contributed by atoms with Crippen molar-refractivity contribution in [1.29, 1.82) is 5.26 Å². The summed E-state index contributed by atoms with van der Waals surface area (Å²) in [5.41, 5.74) is -0.184. The molecule has 3 unspecified atom stereocenters. The summed E-state index contributed by atoms with van der Waals surface area (Å²) in [5.74, 6) is 0. The Hall–Kier alpha value is -0.590. The fourth-order valence-electron chi connectivity index (χ4n) is 1.93. The molecule has 0 rings (SSSR count). The van der Waals surface area contributed by atoms with Crippen LogP contribution in [0, 0.1) is 16.7 Å². The Labute approximate surface area is 107 Å². The van der Waals surface area contributed by atoms with Crippen LogP contribution in [-0.2, 0) is 0 Å². The maximum absolute atomic E-state index is 9.18. The van der Waals surface area contributed by atoms with Gasteiger partial charge in [0.25, 0.3) is 0 Å². The molecule has 0 fully saturated rings. The van der Waals surface area contributed by atoms with E-state index in [9.17, 15) is 5.26 Å². The van der Waals surface area contributed by atoms with Gasteiger partial charge in [-0.15, -0.1) is 0 Å². The molecule has 0 radical (unpaired) electrons. The molecule has 0 saturated carbocycles. The van der Waals surface area contributed by atoms with Crippen LogP contribution in [0.1, 0.15) is 48.0 Å². The van der Waals surface area contributed by atoms with E-state index in [1.807, 2.05) is 14.0 Å². The first-order valence-corrected chi connectivity index (χ1v) is 6.39. The minimum Gasteiger partial charge on any atom is -0.303 e. The lowest BCUT2D eigenvalue weighted by atomic mass is 9.85. The number of nitriles is 1. The maximum atomic E-state index is 9.18. The van der Waals surface area contributed by atoms with Gasteiger partial charge < -0.3 is 10.2 Å². The molecule has 0 saturated heterocycles. The third kappa shape index (κ3) is 4.65. The lowest BCUT2D eigenvalue weighted by molar-refractivity contribution is 0.0917. The SMILES string of the molecule is CNC(C)(C#N)CC(C)N(C)C(C)C(C)(C)C. The van der Waals surface area contributed by atoms with E-state index in [0.29, 0.717) is 12.1 Å². The smallest absolute Gasteiger partial charge is 0.105 e. The van der Waals surface area contributed by atoms with Crippen LogP contribution in [0.5, 0.6) is 0 Å². The lowest BCUT2D eigenvalue weighted by Crippen LogP contribution is -2.49. The largest absolute Gasteiger partial charge is 0.303 e. The van der Waals surface area contributed by atoms with Crippen LogP contribution in [0.4, 0.5) is 0 Å². The molecule has 0 aliphatic heterocycles. The molecule has 0 aliphatic carbocycles. The van der Waals surface area contributed by atoms with E-state index in [1.54, 1.807) is 0 Å². The third-order valence-corrected chi connectivity index (χ3v) is 4.06. The first-order chi connectivity index (χ1) is 7.57. The zero-order valence-corrected chi connectivity index (χ0v) is 12.8. The quantitative estimate of drug-likeness (QED) is 0.801. The third-order valence-electron chi connectivity index (χ3n) is 4.06. The molecular weight excluding hydrogens is 210 g/mol. The fourth-order valence-corrected chi connectivity index (χ4v) is 1.93. The molecule has 3 heteroatoms. The second-order valence-corrected chi connectivity index (χ2v) is 6.45. The highest BCUT2D eigenvalue weighted by atomic mass is 15.2. The van der Waals surface area contributed by atoms with Crippen molar-refractivity contribution in [3.05, 3.63) is 0 Å². The Morgan fingerprint density at radius 3 is 2.00 bits per heavy atom. The van der Waals surface area contributed by atoms with Crippen LogP contribution >= 0.6 is 0 Å². The average Bonchev–Trinajstić information content (AvgIpc) is 2.25. The number of nitrogens with one attached hydrogen (secondary N) is 1. The number of rotatable bonds is 5. The summed E-state index contributed by atoms with van der Waals surface area (Å²) in [7, 11) is 4.00. The molecule has 0 aromatic heterocycles. The Balaban J connectivity index is 4.63. The van der Waals surface area contributed by atoms with Gasteiger partial charge in [-0.3, -0.25) is 0 Å². The van der Waals surface area contributed by atoms with Crippen molar-refractivity contribution < 1.29 is 0 Å². The molecule has 0 aliphatic rings. The van der Waals surface area contributed by atoms with Gasteiger partial charge in [0.05, 0.1) is 6.07 Å². The second-order valence-electron chi connectivity index (χ2n) is 6.45. The van der Waals surface area contributed by atoms with E-state index in [2.05, 4.69) is 58.0 Å². The van der Waals surface area contributed by atoms with Gasteiger partial charge in [-0.05, 0) is 46.7 Å². The van der Waals surface area contributed by atoms with Crippen LogP contribution < -0.4 is 5.32 Å². The molecule has 3 nitrogen and oxygen atoms in total. The molecule has 0 spiro atoms. The Bertz CT molecular complexity index is 274. The van der Waals surface area contributed by atoms with E-state index >= 15 is 0 Å². The van der Waals surface area contributed by atoms with Gasteiger partial charge in [-0.2, -0.15) is 5.26 Å². The molecule has 1 N–H and O–H groups in total. The zero-order chi connectivity index (χ0) is 13.9. The van der Waals surface area contributed by atoms with Gasteiger partial charge in [-0.25, -0.2) is 0 Å². The van der Waals surface area contributed by atoms with Gasteiger partial charge in [-0.1, -0.05) is 20.8 Å². The van der Waals surface area contributed by atoms with Gasteiger partial charge in [0.15, 0.2) is 0 Å². The van der Waals surface area contributed by atoms with Crippen molar-refractivity contribution in [2.75, 3.05) is 14.1 Å². The Morgan fingerprint density at radius 1 is 1.24 bits per heavy atom. The van der Waals surface area contributed by atoms with Gasteiger partial charge in [0, 0.05) is 12.1 Å². The van der Waals surface area contributed by atoms with Crippen LogP contribution in [0.15, 0.2) is 0 Å². The van der Waals surface area contributed by atoms with Crippen LogP contribution in [-0.4, -0.2) is 36.6 Å². The van der Waals surface area contributed by atoms with Crippen molar-refractivity contribution in [2.24, 2.45) is 5.41 Å². The van der Waals surface area contributed by atoms with E-state index in [0.717, 1.165) is 6.42 Å². The predicted octanol–water partition coefficient (Wildman–Crippen LogP) is 2.63. The van der Waals surface area contributed by atoms with Gasteiger partial charge >= 0.3 is 0 Å². The van der Waals surface area contributed by atoms with Crippen molar-refractivity contribution in [3.63, 3.8) is 0 Å². The second kappa shape index (κ2) is 5.84. The van der Waals surface area contributed by atoms with Gasteiger partial charge in [0.1, 0.15) is 5.54 Å². The Kier molecular flexibility index (Phi) is 5.64. The molecule has 0 amide bonds. The van der Waals surface area contributed by atoms with Crippen LogP contribution in [0.3, 0.4) is 0 Å². The lowest BCUT2D eigenvalue weighted by Gasteiger charge is -2.40. The van der Waals surface area contributed by atoms with E-state index in [1.165, 1.54) is 0 Å². The topological polar surface area (TPSA) is 39.1 Å². The fraction of sp³-hybridized carbons (Fsp3) is 0.929. The highest BCUT2D eigenvalue weighted by molar-refractivity contribution is 5.04. The van der Waals surface area contributed by atoms with E-state index < -0.39 is 5.54 Å². The molecule has 0 aromatic rings. The molecule has 0 bridgehead atoms. The highest BCUT2D eigenvalue weighted by Crippen LogP contribution is 2.26. The molecule has 17 heavy (non-hydrogen) atoms. The van der Waals surface area contributed by atoms with Crippen LogP contribution in [0.25, 0.3) is 0 Å². The van der Waals surface area contributed by atoms with Crippen molar-refractivity contribution in [3.8, 4) is 6.07 Å². The molecule has 100 valence electrons. The van der Waals surface area contributed by atoms with E-state index in [-0.39, 0.29) is 5.41 Å². The highest BCUT2D eigenvalue weighted by Gasteiger charge is 2.31. The number of hydrogen-bond acceptors (Lipinski definition) is 3. The summed E-state index contributed by atoms with van der Waals surface area (Å²) in [6, 6.07) is 3.21. The first kappa shape index (κ1) is 16.4. The van der Waals surface area contributed by atoms with Crippen molar-refractivity contribution in [1.82, 2.24) is 10.2 Å². The number of nitrogens with zero attached hydrogens (tertiary/aromatic N) is 2. The van der Waals surface area contributed by atoms with Crippen molar-refractivity contribution in [2.45, 2.75) is 65.6 Å². The standard InChI is InChI=1S/C14H29N3/c1-11(9-14(6,10-15)16-7)17(8)12(2)13(3,4)5/h11-12,16H,9H2,1-8H3. The molecule has 3 atom stereocenters. The van der Waals surface area contributed by atoms with Gasteiger partial charge in [0.2, 0.25) is 0 Å². The summed E-state index contributed by atoms with van der Waals surface area (Å²) in [5, 5.41) is 12.3. The summed E-state index contributed by atoms with van der Waals surface area (Å²) in [6.45, 7) is 13.2. The average molecular weight is 239 g/mol. The van der Waals surface area contributed by atoms with Crippen molar-refractivity contribution >= 4 is 0 Å². The summed E-state index contributed by atoms with van der Waals surface area (Å²) >= 11 is 0. The zero-order valence-electron chi connectivity index (χ0n) is 12.8. The summed E-state index contributed by atoms with van der Waals surface area (Å²) in [4.78, 5) is 2.37. The normalized spacial score (nSPS) is 19.5. The molecule has 0 aromatic carbocycles. The first-order valence-electron chi connectivity index (χ1n) is 6.39. The number of hydrogen-bond donors (Lipinski definition) is 1.